The summed E-state index contributed by atoms with van der Waals surface area (Å²) < 4.78 is 5.34. The van der Waals surface area contributed by atoms with Crippen LogP contribution in [-0.4, -0.2) is 36.0 Å². The predicted molar refractivity (Wildman–Crippen MR) is 61.9 cm³/mol. The molecule has 0 radical (unpaired) electrons. The number of halogens is 1. The minimum atomic E-state index is 0.553. The average molecular weight is 230 g/mol. The van der Waals surface area contributed by atoms with Crippen LogP contribution in [0.2, 0.25) is 0 Å². The lowest BCUT2D eigenvalue weighted by Crippen LogP contribution is -2.22. The third-order valence-electron chi connectivity index (χ3n) is 1.87. The number of rotatable bonds is 5. The summed E-state index contributed by atoms with van der Waals surface area (Å²) in [5.74, 6) is 1.82. The van der Waals surface area contributed by atoms with E-state index < -0.39 is 0 Å². The van der Waals surface area contributed by atoms with Gasteiger partial charge in [0.1, 0.15) is 0 Å². The van der Waals surface area contributed by atoms with Gasteiger partial charge in [0.15, 0.2) is 0 Å². The molecular weight excluding hydrogens is 214 g/mol. The van der Waals surface area contributed by atoms with Crippen LogP contribution in [0, 0.1) is 6.92 Å². The van der Waals surface area contributed by atoms with Crippen LogP contribution in [0.25, 0.3) is 0 Å². The van der Waals surface area contributed by atoms with Crippen molar-refractivity contribution in [3.8, 4) is 5.88 Å². The molecule has 0 aliphatic rings. The molecule has 0 aliphatic carbocycles. The maximum Gasteiger partial charge on any atom is 0.228 e. The molecule has 0 aliphatic heterocycles. The highest BCUT2D eigenvalue weighted by molar-refractivity contribution is 6.18. The van der Waals surface area contributed by atoms with Crippen molar-refractivity contribution < 1.29 is 4.74 Å². The lowest BCUT2D eigenvalue weighted by molar-refractivity contribution is 0.326. The molecular formula is C10H16ClN3O. The molecule has 1 heterocycles. The minimum Gasteiger partial charge on any atom is -0.478 e. The van der Waals surface area contributed by atoms with Crippen molar-refractivity contribution in [1.29, 1.82) is 0 Å². The molecule has 0 saturated carbocycles. The first-order valence-electron chi connectivity index (χ1n) is 4.93. The molecule has 0 spiro atoms. The number of alkyl halides is 1. The van der Waals surface area contributed by atoms with Gasteiger partial charge >= 0.3 is 0 Å². The Hall–Kier alpha value is -1.03. The Kier molecular flexibility index (Phi) is 4.62. The topological polar surface area (TPSA) is 38.2 Å². The Labute approximate surface area is 95.2 Å². The molecule has 5 heteroatoms. The molecule has 15 heavy (non-hydrogen) atoms. The van der Waals surface area contributed by atoms with Gasteiger partial charge in [0, 0.05) is 31.2 Å². The highest BCUT2D eigenvalue weighted by atomic mass is 35.5. The van der Waals surface area contributed by atoms with E-state index in [2.05, 4.69) is 9.97 Å². The summed E-state index contributed by atoms with van der Waals surface area (Å²) in [6, 6.07) is 1.82. The second-order valence-corrected chi connectivity index (χ2v) is 3.57. The zero-order valence-corrected chi connectivity index (χ0v) is 10.1. The summed E-state index contributed by atoms with van der Waals surface area (Å²) >= 11 is 5.66. The summed E-state index contributed by atoms with van der Waals surface area (Å²) in [5.41, 5.74) is 0.893. The smallest absolute Gasteiger partial charge is 0.228 e. The average Bonchev–Trinajstić information content (AvgIpc) is 2.17. The van der Waals surface area contributed by atoms with Gasteiger partial charge in [0.05, 0.1) is 6.61 Å². The molecule has 0 atom stereocenters. The summed E-state index contributed by atoms with van der Waals surface area (Å²) in [6.45, 7) is 5.17. The highest BCUT2D eigenvalue weighted by Gasteiger charge is 2.06. The quantitative estimate of drug-likeness (QED) is 0.723. The van der Waals surface area contributed by atoms with Gasteiger partial charge in [0.25, 0.3) is 0 Å². The van der Waals surface area contributed by atoms with Crippen LogP contribution in [0.15, 0.2) is 6.07 Å². The summed E-state index contributed by atoms with van der Waals surface area (Å²) in [7, 11) is 1.91. The van der Waals surface area contributed by atoms with E-state index in [0.29, 0.717) is 24.3 Å². The van der Waals surface area contributed by atoms with Crippen LogP contribution < -0.4 is 9.64 Å². The van der Waals surface area contributed by atoms with Crippen molar-refractivity contribution in [2.24, 2.45) is 0 Å². The molecule has 1 aromatic rings. The zero-order chi connectivity index (χ0) is 11.3. The molecule has 0 saturated heterocycles. The van der Waals surface area contributed by atoms with Gasteiger partial charge in [-0.1, -0.05) is 0 Å². The van der Waals surface area contributed by atoms with E-state index in [1.54, 1.807) is 0 Å². The Morgan fingerprint density at radius 3 is 2.80 bits per heavy atom. The number of ether oxygens (including phenoxy) is 1. The first kappa shape index (κ1) is 12.0. The molecule has 0 N–H and O–H groups in total. The number of aryl methyl sites for hydroxylation is 1. The van der Waals surface area contributed by atoms with Crippen molar-refractivity contribution in [3.05, 3.63) is 11.8 Å². The fraction of sp³-hybridized carbons (Fsp3) is 0.600. The van der Waals surface area contributed by atoms with Gasteiger partial charge in [-0.15, -0.1) is 11.6 Å². The van der Waals surface area contributed by atoms with Gasteiger partial charge < -0.3 is 9.64 Å². The molecule has 0 unspecified atom stereocenters. The van der Waals surface area contributed by atoms with Crippen molar-refractivity contribution >= 4 is 17.5 Å². The van der Waals surface area contributed by atoms with Crippen molar-refractivity contribution in [3.63, 3.8) is 0 Å². The van der Waals surface area contributed by atoms with E-state index in [-0.39, 0.29) is 0 Å². The Bertz CT molecular complexity index is 320. The van der Waals surface area contributed by atoms with Gasteiger partial charge in [-0.3, -0.25) is 0 Å². The minimum absolute atomic E-state index is 0.553. The SMILES string of the molecule is CCOc1cc(C)nc(N(C)CCCl)n1. The van der Waals surface area contributed by atoms with Crippen molar-refractivity contribution in [2.75, 3.05) is 31.0 Å². The first-order chi connectivity index (χ1) is 7.17. The van der Waals surface area contributed by atoms with Crippen LogP contribution in [0.1, 0.15) is 12.6 Å². The van der Waals surface area contributed by atoms with Gasteiger partial charge in [-0.25, -0.2) is 4.98 Å². The van der Waals surface area contributed by atoms with E-state index in [1.807, 2.05) is 31.9 Å². The second kappa shape index (κ2) is 5.75. The fourth-order valence-corrected chi connectivity index (χ4v) is 1.40. The van der Waals surface area contributed by atoms with E-state index in [9.17, 15) is 0 Å². The monoisotopic (exact) mass is 229 g/mol. The van der Waals surface area contributed by atoms with E-state index in [1.165, 1.54) is 0 Å². The molecule has 84 valence electrons. The van der Waals surface area contributed by atoms with Crippen LogP contribution in [0.3, 0.4) is 0 Å². The molecule has 0 fully saturated rings. The zero-order valence-electron chi connectivity index (χ0n) is 9.33. The van der Waals surface area contributed by atoms with Gasteiger partial charge in [-0.05, 0) is 13.8 Å². The Morgan fingerprint density at radius 2 is 2.20 bits per heavy atom. The molecule has 1 rings (SSSR count). The normalized spacial score (nSPS) is 10.1. The molecule has 4 nitrogen and oxygen atoms in total. The van der Waals surface area contributed by atoms with E-state index in [4.69, 9.17) is 16.3 Å². The molecule has 0 aromatic carbocycles. The van der Waals surface area contributed by atoms with Crippen LogP contribution >= 0.6 is 11.6 Å². The van der Waals surface area contributed by atoms with E-state index in [0.717, 1.165) is 12.2 Å². The fourth-order valence-electron chi connectivity index (χ4n) is 1.14. The number of hydrogen-bond donors (Lipinski definition) is 0. The lowest BCUT2D eigenvalue weighted by atomic mass is 10.4. The maximum atomic E-state index is 5.66. The van der Waals surface area contributed by atoms with Crippen LogP contribution in [0.4, 0.5) is 5.95 Å². The summed E-state index contributed by atoms with van der Waals surface area (Å²) in [5, 5.41) is 0. The standard InChI is InChI=1S/C10H16ClN3O/c1-4-15-9-7-8(2)12-10(13-9)14(3)6-5-11/h7H,4-6H2,1-3H3. The number of aromatic nitrogens is 2. The van der Waals surface area contributed by atoms with Gasteiger partial charge in [0.2, 0.25) is 11.8 Å². The molecule has 0 amide bonds. The van der Waals surface area contributed by atoms with E-state index >= 15 is 0 Å². The summed E-state index contributed by atoms with van der Waals surface area (Å²) in [6.07, 6.45) is 0. The maximum absolute atomic E-state index is 5.66. The lowest BCUT2D eigenvalue weighted by Gasteiger charge is -2.16. The third kappa shape index (κ3) is 3.55. The number of anilines is 1. The van der Waals surface area contributed by atoms with Crippen LogP contribution in [-0.2, 0) is 0 Å². The number of nitrogens with zero attached hydrogens (tertiary/aromatic N) is 3. The largest absolute Gasteiger partial charge is 0.478 e. The highest BCUT2D eigenvalue weighted by Crippen LogP contribution is 2.14. The Balaban J connectivity index is 2.87. The Morgan fingerprint density at radius 1 is 1.47 bits per heavy atom. The van der Waals surface area contributed by atoms with Gasteiger partial charge in [-0.2, -0.15) is 4.98 Å². The van der Waals surface area contributed by atoms with Crippen molar-refractivity contribution in [2.45, 2.75) is 13.8 Å². The third-order valence-corrected chi connectivity index (χ3v) is 2.04. The molecule has 1 aromatic heterocycles. The van der Waals surface area contributed by atoms with Crippen molar-refractivity contribution in [1.82, 2.24) is 9.97 Å². The summed E-state index contributed by atoms with van der Waals surface area (Å²) in [4.78, 5) is 10.5. The predicted octanol–water partition coefficient (Wildman–Crippen LogP) is 1.86. The first-order valence-corrected chi connectivity index (χ1v) is 5.46. The second-order valence-electron chi connectivity index (χ2n) is 3.19. The number of hydrogen-bond acceptors (Lipinski definition) is 4. The molecule has 0 bridgehead atoms. The van der Waals surface area contributed by atoms with Crippen LogP contribution in [0.5, 0.6) is 5.88 Å².